The molecular formula is C16H18F3N3O2S. The number of hydrogen-bond donors (Lipinski definition) is 0. The van der Waals surface area contributed by atoms with Gasteiger partial charge in [0.15, 0.2) is 0 Å². The average molecular weight is 373 g/mol. The van der Waals surface area contributed by atoms with Gasteiger partial charge in [-0.05, 0) is 16.7 Å². The van der Waals surface area contributed by atoms with E-state index in [1.165, 1.54) is 0 Å². The smallest absolute Gasteiger partial charge is 0.276 e. The molecule has 0 bridgehead atoms. The van der Waals surface area contributed by atoms with Gasteiger partial charge < -0.3 is 0 Å². The highest BCUT2D eigenvalue weighted by molar-refractivity contribution is 7.89. The highest BCUT2D eigenvalue weighted by Gasteiger charge is 2.36. The van der Waals surface area contributed by atoms with Crippen LogP contribution in [0.4, 0.5) is 13.2 Å². The van der Waals surface area contributed by atoms with E-state index in [4.69, 9.17) is 0 Å². The summed E-state index contributed by atoms with van der Waals surface area (Å²) < 4.78 is 65.0. The first-order valence-electron chi connectivity index (χ1n) is 7.77. The normalized spacial score (nSPS) is 19.0. The molecule has 9 heteroatoms. The second kappa shape index (κ2) is 6.45. The van der Waals surface area contributed by atoms with E-state index in [2.05, 4.69) is 5.10 Å². The molecule has 3 rings (SSSR count). The molecule has 5 nitrogen and oxygen atoms in total. The Kier molecular flexibility index (Phi) is 4.63. The lowest BCUT2D eigenvalue weighted by Gasteiger charge is -2.33. The summed E-state index contributed by atoms with van der Waals surface area (Å²) in [4.78, 5) is 0. The van der Waals surface area contributed by atoms with Crippen LogP contribution in [-0.2, 0) is 23.6 Å². The summed E-state index contributed by atoms with van der Waals surface area (Å²) in [5.74, 6) is -1.18. The first-order chi connectivity index (χ1) is 11.7. The number of sulfonamides is 1. The number of hydrogen-bond acceptors (Lipinski definition) is 3. The fraction of sp³-hybridized carbons (Fsp3) is 0.438. The van der Waals surface area contributed by atoms with Crippen LogP contribution in [0.15, 0.2) is 36.7 Å². The molecule has 0 spiro atoms. The Labute approximate surface area is 144 Å². The third-order valence-electron chi connectivity index (χ3n) is 4.33. The van der Waals surface area contributed by atoms with Crippen LogP contribution in [0.1, 0.15) is 29.0 Å². The molecule has 0 amide bonds. The molecule has 0 saturated heterocycles. The molecular weight excluding hydrogens is 355 g/mol. The number of fused-ring (bicyclic) bond motifs is 1. The number of rotatable bonds is 4. The first kappa shape index (κ1) is 17.9. The Bertz CT molecular complexity index is 862. The van der Waals surface area contributed by atoms with E-state index >= 15 is 0 Å². The fourth-order valence-electron chi connectivity index (χ4n) is 3.07. The van der Waals surface area contributed by atoms with E-state index in [-0.39, 0.29) is 19.0 Å². The Balaban J connectivity index is 1.91. The molecule has 0 fully saturated rings. The summed E-state index contributed by atoms with van der Waals surface area (Å²) in [5, 5.41) is 4.12. The standard InChI is InChI=1S/C16H18F3N3O2S/c1-21-9-13(8-20-21)15-11-22(10-12-4-2-3-5-14(12)15)25(23,24)7-6-16(17,18)19/h2-5,8-9,15H,6-7,10-11H2,1H3. The summed E-state index contributed by atoms with van der Waals surface area (Å²) >= 11 is 0. The Morgan fingerprint density at radius 3 is 2.64 bits per heavy atom. The van der Waals surface area contributed by atoms with Gasteiger partial charge in [-0.15, -0.1) is 0 Å². The molecule has 1 atom stereocenters. The molecule has 1 aromatic carbocycles. The fourth-order valence-corrected chi connectivity index (χ4v) is 4.53. The van der Waals surface area contributed by atoms with Crippen LogP contribution in [0.2, 0.25) is 0 Å². The molecule has 1 aromatic heterocycles. The lowest BCUT2D eigenvalue weighted by atomic mass is 9.87. The van der Waals surface area contributed by atoms with E-state index in [0.29, 0.717) is 0 Å². The zero-order valence-electron chi connectivity index (χ0n) is 13.6. The molecule has 25 heavy (non-hydrogen) atoms. The van der Waals surface area contributed by atoms with Crippen molar-refractivity contribution in [1.82, 2.24) is 14.1 Å². The predicted octanol–water partition coefficient (Wildman–Crippen LogP) is 2.65. The minimum absolute atomic E-state index is 0.0904. The summed E-state index contributed by atoms with van der Waals surface area (Å²) in [6.07, 6.45) is -2.38. The zero-order chi connectivity index (χ0) is 18.2. The Morgan fingerprint density at radius 2 is 2.00 bits per heavy atom. The van der Waals surface area contributed by atoms with Crippen LogP contribution >= 0.6 is 0 Å². The zero-order valence-corrected chi connectivity index (χ0v) is 14.4. The van der Waals surface area contributed by atoms with Gasteiger partial charge in [-0.3, -0.25) is 4.68 Å². The van der Waals surface area contributed by atoms with Gasteiger partial charge in [0.25, 0.3) is 0 Å². The Morgan fingerprint density at radius 1 is 1.28 bits per heavy atom. The largest absolute Gasteiger partial charge is 0.390 e. The lowest BCUT2D eigenvalue weighted by molar-refractivity contribution is -0.130. The van der Waals surface area contributed by atoms with Crippen molar-refractivity contribution in [2.75, 3.05) is 12.3 Å². The van der Waals surface area contributed by atoms with Crippen molar-refractivity contribution in [1.29, 1.82) is 0 Å². The molecule has 2 aromatic rings. The van der Waals surface area contributed by atoms with E-state index in [1.807, 2.05) is 18.2 Å². The maximum absolute atomic E-state index is 12.4. The number of aryl methyl sites for hydroxylation is 1. The van der Waals surface area contributed by atoms with Crippen LogP contribution in [-0.4, -0.2) is 41.0 Å². The van der Waals surface area contributed by atoms with Gasteiger partial charge in [-0.25, -0.2) is 8.42 Å². The van der Waals surface area contributed by atoms with Crippen molar-refractivity contribution in [3.63, 3.8) is 0 Å². The predicted molar refractivity (Wildman–Crippen MR) is 86.4 cm³/mol. The number of nitrogens with zero attached hydrogens (tertiary/aromatic N) is 3. The minimum atomic E-state index is -4.50. The van der Waals surface area contributed by atoms with Crippen molar-refractivity contribution >= 4 is 10.0 Å². The molecule has 2 heterocycles. The highest BCUT2D eigenvalue weighted by Crippen LogP contribution is 2.35. The van der Waals surface area contributed by atoms with Gasteiger partial charge >= 0.3 is 6.18 Å². The average Bonchev–Trinajstić information content (AvgIpc) is 2.98. The van der Waals surface area contributed by atoms with Crippen LogP contribution in [0.5, 0.6) is 0 Å². The number of benzene rings is 1. The number of aromatic nitrogens is 2. The van der Waals surface area contributed by atoms with Crippen LogP contribution in [0.25, 0.3) is 0 Å². The van der Waals surface area contributed by atoms with Crippen LogP contribution in [0.3, 0.4) is 0 Å². The van der Waals surface area contributed by atoms with Crippen LogP contribution < -0.4 is 0 Å². The van der Waals surface area contributed by atoms with Crippen molar-refractivity contribution < 1.29 is 21.6 Å². The van der Waals surface area contributed by atoms with Gasteiger partial charge in [0, 0.05) is 32.3 Å². The maximum atomic E-state index is 12.4. The van der Waals surface area contributed by atoms with E-state index in [1.54, 1.807) is 30.2 Å². The van der Waals surface area contributed by atoms with E-state index < -0.39 is 28.4 Å². The van der Waals surface area contributed by atoms with Gasteiger partial charge in [0.1, 0.15) is 0 Å². The van der Waals surface area contributed by atoms with E-state index in [9.17, 15) is 21.6 Å². The molecule has 1 unspecified atom stereocenters. The molecule has 136 valence electrons. The second-order valence-electron chi connectivity index (χ2n) is 6.17. The molecule has 0 saturated carbocycles. The first-order valence-corrected chi connectivity index (χ1v) is 9.37. The van der Waals surface area contributed by atoms with Crippen molar-refractivity contribution in [3.8, 4) is 0 Å². The Hall–Kier alpha value is -1.87. The van der Waals surface area contributed by atoms with Gasteiger partial charge in [0.05, 0.1) is 18.4 Å². The highest BCUT2D eigenvalue weighted by atomic mass is 32.2. The van der Waals surface area contributed by atoms with Gasteiger partial charge in [0.2, 0.25) is 10.0 Å². The monoisotopic (exact) mass is 373 g/mol. The summed E-state index contributed by atoms with van der Waals surface area (Å²) in [7, 11) is -2.25. The number of alkyl halides is 3. The third kappa shape index (κ3) is 4.04. The topological polar surface area (TPSA) is 55.2 Å². The summed E-state index contributed by atoms with van der Waals surface area (Å²) in [5.41, 5.74) is 2.63. The van der Waals surface area contributed by atoms with Gasteiger partial charge in [-0.2, -0.15) is 22.6 Å². The summed E-state index contributed by atoms with van der Waals surface area (Å²) in [6.45, 7) is 0.204. The quantitative estimate of drug-likeness (QED) is 0.828. The molecule has 1 aliphatic heterocycles. The molecule has 0 radical (unpaired) electrons. The minimum Gasteiger partial charge on any atom is -0.276 e. The lowest BCUT2D eigenvalue weighted by Crippen LogP contribution is -2.40. The second-order valence-corrected chi connectivity index (χ2v) is 8.26. The van der Waals surface area contributed by atoms with Crippen molar-refractivity contribution in [2.45, 2.75) is 25.1 Å². The van der Waals surface area contributed by atoms with E-state index in [0.717, 1.165) is 21.0 Å². The number of halogens is 3. The third-order valence-corrected chi connectivity index (χ3v) is 6.11. The molecule has 0 N–H and O–H groups in total. The molecule has 0 aliphatic carbocycles. The van der Waals surface area contributed by atoms with Crippen LogP contribution in [0, 0.1) is 0 Å². The van der Waals surface area contributed by atoms with Gasteiger partial charge in [-0.1, -0.05) is 24.3 Å². The maximum Gasteiger partial charge on any atom is 0.390 e. The van der Waals surface area contributed by atoms with Crippen molar-refractivity contribution in [3.05, 3.63) is 53.3 Å². The molecule has 1 aliphatic rings. The summed E-state index contributed by atoms with van der Waals surface area (Å²) in [6, 6.07) is 7.40. The van der Waals surface area contributed by atoms with Crippen molar-refractivity contribution in [2.24, 2.45) is 7.05 Å². The SMILES string of the molecule is Cn1cc(C2CN(S(=O)(=O)CCC(F)(F)F)Cc3ccccc32)cn1.